The SMILES string of the molecule is COc1ccc(C2=N/C(=C\c3ccc(NC(C)=O)cc3)C(=O)O2)cc1. The number of cyclic esters (lactones) is 1. The number of carbonyl (C=O) groups is 2. The van der Waals surface area contributed by atoms with Gasteiger partial charge in [-0.3, -0.25) is 4.79 Å². The highest BCUT2D eigenvalue weighted by Crippen LogP contribution is 2.21. The van der Waals surface area contributed by atoms with Crippen LogP contribution < -0.4 is 10.1 Å². The lowest BCUT2D eigenvalue weighted by Gasteiger charge is -2.01. The Labute approximate surface area is 144 Å². The van der Waals surface area contributed by atoms with Crippen molar-refractivity contribution in [1.82, 2.24) is 0 Å². The van der Waals surface area contributed by atoms with Gasteiger partial charge in [-0.1, -0.05) is 12.1 Å². The van der Waals surface area contributed by atoms with Gasteiger partial charge in [-0.2, -0.15) is 0 Å². The number of esters is 1. The van der Waals surface area contributed by atoms with Gasteiger partial charge in [0.15, 0.2) is 5.70 Å². The molecule has 0 aromatic heterocycles. The molecular formula is C19H16N2O4. The van der Waals surface area contributed by atoms with E-state index in [1.54, 1.807) is 61.7 Å². The average molecular weight is 336 g/mol. The number of rotatable bonds is 4. The third-order valence-corrected chi connectivity index (χ3v) is 3.49. The quantitative estimate of drug-likeness (QED) is 0.688. The number of nitrogens with zero attached hydrogens (tertiary/aromatic N) is 1. The molecule has 0 saturated carbocycles. The van der Waals surface area contributed by atoms with Crippen LogP contribution in [0.25, 0.3) is 6.08 Å². The summed E-state index contributed by atoms with van der Waals surface area (Å²) in [5, 5.41) is 2.68. The molecule has 1 N–H and O–H groups in total. The van der Waals surface area contributed by atoms with Crippen LogP contribution >= 0.6 is 0 Å². The van der Waals surface area contributed by atoms with Gasteiger partial charge in [0.05, 0.1) is 7.11 Å². The van der Waals surface area contributed by atoms with E-state index in [9.17, 15) is 9.59 Å². The van der Waals surface area contributed by atoms with Crippen molar-refractivity contribution in [3.63, 3.8) is 0 Å². The van der Waals surface area contributed by atoms with Gasteiger partial charge in [0.25, 0.3) is 0 Å². The summed E-state index contributed by atoms with van der Waals surface area (Å²) in [6, 6.07) is 14.2. The van der Waals surface area contributed by atoms with Crippen LogP contribution in [-0.4, -0.2) is 24.9 Å². The third-order valence-electron chi connectivity index (χ3n) is 3.49. The number of carbonyl (C=O) groups excluding carboxylic acids is 2. The van der Waals surface area contributed by atoms with Crippen molar-refractivity contribution < 1.29 is 19.1 Å². The molecule has 3 rings (SSSR count). The van der Waals surface area contributed by atoms with E-state index in [1.807, 2.05) is 0 Å². The molecule has 0 saturated heterocycles. The van der Waals surface area contributed by atoms with Crippen LogP contribution in [0.1, 0.15) is 18.1 Å². The summed E-state index contributed by atoms with van der Waals surface area (Å²) in [6.45, 7) is 1.44. The molecule has 6 nitrogen and oxygen atoms in total. The molecule has 0 aliphatic carbocycles. The first-order valence-corrected chi connectivity index (χ1v) is 7.60. The Bertz CT molecular complexity index is 865. The molecule has 0 bridgehead atoms. The van der Waals surface area contributed by atoms with Crippen molar-refractivity contribution >= 4 is 29.5 Å². The van der Waals surface area contributed by atoms with Gasteiger partial charge in [-0.25, -0.2) is 9.79 Å². The van der Waals surface area contributed by atoms with E-state index in [1.165, 1.54) is 6.92 Å². The molecule has 2 aromatic rings. The largest absolute Gasteiger partial charge is 0.497 e. The summed E-state index contributed by atoms with van der Waals surface area (Å²) in [6.07, 6.45) is 1.64. The predicted molar refractivity (Wildman–Crippen MR) is 94.3 cm³/mol. The van der Waals surface area contributed by atoms with Gasteiger partial charge in [-0.15, -0.1) is 0 Å². The lowest BCUT2D eigenvalue weighted by molar-refractivity contribution is -0.129. The first-order chi connectivity index (χ1) is 12.0. The minimum atomic E-state index is -0.503. The summed E-state index contributed by atoms with van der Waals surface area (Å²) in [5.41, 5.74) is 2.38. The molecular weight excluding hydrogens is 320 g/mol. The molecule has 2 aromatic carbocycles. The molecule has 1 heterocycles. The maximum atomic E-state index is 12.0. The van der Waals surface area contributed by atoms with E-state index < -0.39 is 5.97 Å². The number of amides is 1. The molecule has 25 heavy (non-hydrogen) atoms. The Morgan fingerprint density at radius 2 is 1.80 bits per heavy atom. The van der Waals surface area contributed by atoms with E-state index in [0.717, 1.165) is 5.56 Å². The first-order valence-electron chi connectivity index (χ1n) is 7.60. The van der Waals surface area contributed by atoms with Crippen molar-refractivity contribution in [2.45, 2.75) is 6.92 Å². The number of nitrogens with one attached hydrogen (secondary N) is 1. The lowest BCUT2D eigenvalue weighted by atomic mass is 10.1. The Kier molecular flexibility index (Phi) is 4.61. The molecule has 0 unspecified atom stereocenters. The number of methoxy groups -OCH3 is 1. The fourth-order valence-corrected chi connectivity index (χ4v) is 2.29. The standard InChI is InChI=1S/C19H16N2O4/c1-12(22)20-15-7-3-13(4-8-15)11-17-19(23)25-18(21-17)14-5-9-16(24-2)10-6-14/h3-11H,1-2H3,(H,20,22)/b17-11-. The van der Waals surface area contributed by atoms with Crippen LogP contribution in [0.15, 0.2) is 59.2 Å². The zero-order valence-electron chi connectivity index (χ0n) is 13.8. The topological polar surface area (TPSA) is 77.0 Å². The summed E-state index contributed by atoms with van der Waals surface area (Å²) >= 11 is 0. The number of hydrogen-bond acceptors (Lipinski definition) is 5. The van der Waals surface area contributed by atoms with Crippen LogP contribution in [0.4, 0.5) is 5.69 Å². The van der Waals surface area contributed by atoms with Crippen molar-refractivity contribution in [3.8, 4) is 5.75 Å². The Morgan fingerprint density at radius 1 is 1.12 bits per heavy atom. The van der Waals surface area contributed by atoms with E-state index >= 15 is 0 Å². The van der Waals surface area contributed by atoms with Crippen LogP contribution in [-0.2, 0) is 14.3 Å². The Morgan fingerprint density at radius 3 is 2.40 bits per heavy atom. The zero-order valence-corrected chi connectivity index (χ0v) is 13.8. The van der Waals surface area contributed by atoms with Crippen LogP contribution in [0, 0.1) is 0 Å². The van der Waals surface area contributed by atoms with Crippen molar-refractivity contribution in [2.24, 2.45) is 4.99 Å². The molecule has 1 aliphatic rings. The number of hydrogen-bond donors (Lipinski definition) is 1. The van der Waals surface area contributed by atoms with E-state index in [2.05, 4.69) is 10.3 Å². The van der Waals surface area contributed by atoms with Crippen LogP contribution in [0.2, 0.25) is 0 Å². The molecule has 126 valence electrons. The molecule has 6 heteroatoms. The molecule has 1 amide bonds. The highest BCUT2D eigenvalue weighted by atomic mass is 16.6. The number of ether oxygens (including phenoxy) is 2. The summed E-state index contributed by atoms with van der Waals surface area (Å²) in [4.78, 5) is 27.3. The second kappa shape index (κ2) is 7.00. The third kappa shape index (κ3) is 3.92. The summed E-state index contributed by atoms with van der Waals surface area (Å²) in [5.74, 6) is 0.327. The summed E-state index contributed by atoms with van der Waals surface area (Å²) < 4.78 is 10.3. The second-order valence-corrected chi connectivity index (χ2v) is 5.37. The van der Waals surface area contributed by atoms with Crippen molar-refractivity contribution in [3.05, 3.63) is 65.4 Å². The van der Waals surface area contributed by atoms with Crippen molar-refractivity contribution in [2.75, 3.05) is 12.4 Å². The summed E-state index contributed by atoms with van der Waals surface area (Å²) in [7, 11) is 1.58. The fourth-order valence-electron chi connectivity index (χ4n) is 2.29. The Balaban J connectivity index is 1.81. The van der Waals surface area contributed by atoms with Gasteiger partial charge in [0, 0.05) is 18.2 Å². The van der Waals surface area contributed by atoms with Crippen LogP contribution in [0.3, 0.4) is 0 Å². The number of anilines is 1. The molecule has 0 radical (unpaired) electrons. The molecule has 0 fully saturated rings. The van der Waals surface area contributed by atoms with Gasteiger partial charge in [0.1, 0.15) is 5.75 Å². The lowest BCUT2D eigenvalue weighted by Crippen LogP contribution is -2.05. The monoisotopic (exact) mass is 336 g/mol. The maximum absolute atomic E-state index is 12.0. The highest BCUT2D eigenvalue weighted by molar-refractivity contribution is 6.12. The van der Waals surface area contributed by atoms with Crippen LogP contribution in [0.5, 0.6) is 5.75 Å². The number of benzene rings is 2. The van der Waals surface area contributed by atoms with Gasteiger partial charge in [-0.05, 0) is 48.0 Å². The molecule has 0 spiro atoms. The predicted octanol–water partition coefficient (Wildman–Crippen LogP) is 3.00. The molecule has 0 atom stereocenters. The maximum Gasteiger partial charge on any atom is 0.363 e. The smallest absolute Gasteiger partial charge is 0.363 e. The minimum Gasteiger partial charge on any atom is -0.497 e. The first kappa shape index (κ1) is 16.4. The average Bonchev–Trinajstić information content (AvgIpc) is 2.97. The molecule has 1 aliphatic heterocycles. The number of aliphatic imine (C=N–C) groups is 1. The van der Waals surface area contributed by atoms with E-state index in [-0.39, 0.29) is 17.5 Å². The van der Waals surface area contributed by atoms with E-state index in [0.29, 0.717) is 17.0 Å². The Hall–Kier alpha value is -3.41. The van der Waals surface area contributed by atoms with Gasteiger partial charge >= 0.3 is 5.97 Å². The minimum absolute atomic E-state index is 0.140. The van der Waals surface area contributed by atoms with Gasteiger partial charge in [0.2, 0.25) is 11.8 Å². The van der Waals surface area contributed by atoms with E-state index in [4.69, 9.17) is 9.47 Å². The normalized spacial score (nSPS) is 14.9. The van der Waals surface area contributed by atoms with Crippen molar-refractivity contribution in [1.29, 1.82) is 0 Å². The second-order valence-electron chi connectivity index (χ2n) is 5.37. The van der Waals surface area contributed by atoms with Gasteiger partial charge < -0.3 is 14.8 Å². The zero-order chi connectivity index (χ0) is 17.8. The fraction of sp³-hybridized carbons (Fsp3) is 0.105. The highest BCUT2D eigenvalue weighted by Gasteiger charge is 2.24.